The lowest BCUT2D eigenvalue weighted by molar-refractivity contribution is 0.282. The van der Waals surface area contributed by atoms with Crippen LogP contribution in [0.5, 0.6) is 0 Å². The summed E-state index contributed by atoms with van der Waals surface area (Å²) in [5.74, 6) is 0. The summed E-state index contributed by atoms with van der Waals surface area (Å²) < 4.78 is 0. The van der Waals surface area contributed by atoms with E-state index < -0.39 is 0 Å². The van der Waals surface area contributed by atoms with Gasteiger partial charge in [-0.1, -0.05) is 12.1 Å². The van der Waals surface area contributed by atoms with E-state index in [1.807, 2.05) is 42.6 Å². The van der Waals surface area contributed by atoms with Gasteiger partial charge in [0, 0.05) is 17.6 Å². The highest BCUT2D eigenvalue weighted by Gasteiger charge is 1.95. The number of H-pyrrole nitrogens is 1. The molecule has 78 valence electrons. The van der Waals surface area contributed by atoms with Gasteiger partial charge in [0.25, 0.3) is 0 Å². The van der Waals surface area contributed by atoms with Gasteiger partial charge in [-0.3, -0.25) is 0 Å². The van der Waals surface area contributed by atoms with Crippen LogP contribution in [0.25, 0.3) is 0 Å². The predicted octanol–water partition coefficient (Wildman–Crippen LogP) is 2.12. The van der Waals surface area contributed by atoms with E-state index in [2.05, 4.69) is 10.3 Å². The van der Waals surface area contributed by atoms with E-state index in [9.17, 15) is 0 Å². The molecule has 0 unspecified atom stereocenters. The van der Waals surface area contributed by atoms with Crippen molar-refractivity contribution in [3.8, 4) is 0 Å². The summed E-state index contributed by atoms with van der Waals surface area (Å²) in [7, 11) is 0. The van der Waals surface area contributed by atoms with Crippen LogP contribution in [0.2, 0.25) is 0 Å². The zero-order valence-corrected chi connectivity index (χ0v) is 8.40. The first-order valence-corrected chi connectivity index (χ1v) is 4.94. The average Bonchev–Trinajstić information content (AvgIpc) is 2.79. The minimum Gasteiger partial charge on any atom is -0.392 e. The minimum atomic E-state index is 0.0814. The highest BCUT2D eigenvalue weighted by Crippen LogP contribution is 2.11. The van der Waals surface area contributed by atoms with Gasteiger partial charge in [-0.2, -0.15) is 0 Å². The summed E-state index contributed by atoms with van der Waals surface area (Å²) >= 11 is 0. The Morgan fingerprint density at radius 1 is 1.20 bits per heavy atom. The molecular weight excluding hydrogens is 188 g/mol. The minimum absolute atomic E-state index is 0.0814. The van der Waals surface area contributed by atoms with Crippen LogP contribution in [-0.2, 0) is 13.2 Å². The molecule has 2 rings (SSSR count). The van der Waals surface area contributed by atoms with Crippen LogP contribution in [0.4, 0.5) is 5.69 Å². The number of rotatable bonds is 4. The largest absolute Gasteiger partial charge is 0.392 e. The van der Waals surface area contributed by atoms with Crippen LogP contribution in [0, 0.1) is 0 Å². The van der Waals surface area contributed by atoms with Gasteiger partial charge in [-0.15, -0.1) is 0 Å². The van der Waals surface area contributed by atoms with E-state index in [-0.39, 0.29) is 6.61 Å². The molecule has 1 aromatic carbocycles. The van der Waals surface area contributed by atoms with Crippen LogP contribution in [0.1, 0.15) is 11.3 Å². The normalized spacial score (nSPS) is 10.2. The Bertz CT molecular complexity index is 409. The molecule has 0 amide bonds. The first kappa shape index (κ1) is 9.80. The van der Waals surface area contributed by atoms with Crippen molar-refractivity contribution in [1.82, 2.24) is 4.98 Å². The standard InChI is InChI=1S/C12H14N2O/c15-9-10-3-1-4-11(7-10)14-8-12-5-2-6-13-12/h1-7,13-15H,8-9H2. The average molecular weight is 202 g/mol. The Kier molecular flexibility index (Phi) is 3.05. The molecule has 0 saturated heterocycles. The molecule has 3 nitrogen and oxygen atoms in total. The molecule has 1 heterocycles. The molecule has 1 aromatic heterocycles. The van der Waals surface area contributed by atoms with E-state index in [4.69, 9.17) is 5.11 Å². The van der Waals surface area contributed by atoms with Gasteiger partial charge < -0.3 is 15.4 Å². The molecular formula is C12H14N2O. The quantitative estimate of drug-likeness (QED) is 0.711. The lowest BCUT2D eigenvalue weighted by Gasteiger charge is -2.06. The Morgan fingerprint density at radius 3 is 2.87 bits per heavy atom. The monoisotopic (exact) mass is 202 g/mol. The van der Waals surface area contributed by atoms with Crippen molar-refractivity contribution < 1.29 is 5.11 Å². The van der Waals surface area contributed by atoms with Crippen LogP contribution in [0.3, 0.4) is 0 Å². The topological polar surface area (TPSA) is 48.0 Å². The molecule has 0 radical (unpaired) electrons. The van der Waals surface area contributed by atoms with Gasteiger partial charge in [0.1, 0.15) is 0 Å². The van der Waals surface area contributed by atoms with Crippen molar-refractivity contribution in [1.29, 1.82) is 0 Å². The molecule has 0 fully saturated rings. The molecule has 0 spiro atoms. The molecule has 0 aliphatic carbocycles. The summed E-state index contributed by atoms with van der Waals surface area (Å²) in [5, 5.41) is 12.3. The van der Waals surface area contributed by atoms with Crippen molar-refractivity contribution in [2.24, 2.45) is 0 Å². The summed E-state index contributed by atoms with van der Waals surface area (Å²) in [6.07, 6.45) is 1.90. The Labute approximate surface area is 88.8 Å². The summed E-state index contributed by atoms with van der Waals surface area (Å²) in [5.41, 5.74) is 3.09. The number of anilines is 1. The Morgan fingerprint density at radius 2 is 2.13 bits per heavy atom. The van der Waals surface area contributed by atoms with Crippen LogP contribution < -0.4 is 5.32 Å². The predicted molar refractivity (Wildman–Crippen MR) is 60.5 cm³/mol. The van der Waals surface area contributed by atoms with E-state index in [0.29, 0.717) is 0 Å². The number of nitrogens with one attached hydrogen (secondary N) is 2. The van der Waals surface area contributed by atoms with Gasteiger partial charge in [0.15, 0.2) is 0 Å². The van der Waals surface area contributed by atoms with Gasteiger partial charge in [0.05, 0.1) is 13.2 Å². The third kappa shape index (κ3) is 2.60. The number of aliphatic hydroxyl groups is 1. The zero-order valence-electron chi connectivity index (χ0n) is 8.40. The van der Waals surface area contributed by atoms with Gasteiger partial charge in [0.2, 0.25) is 0 Å². The summed E-state index contributed by atoms with van der Waals surface area (Å²) in [6, 6.07) is 11.8. The van der Waals surface area contributed by atoms with Crippen molar-refractivity contribution in [2.45, 2.75) is 13.2 Å². The molecule has 0 aliphatic heterocycles. The van der Waals surface area contributed by atoms with Crippen LogP contribution >= 0.6 is 0 Å². The van der Waals surface area contributed by atoms with Crippen LogP contribution in [-0.4, -0.2) is 10.1 Å². The molecule has 3 N–H and O–H groups in total. The van der Waals surface area contributed by atoms with Crippen molar-refractivity contribution in [3.05, 3.63) is 53.9 Å². The third-order valence-electron chi connectivity index (χ3n) is 2.25. The second kappa shape index (κ2) is 4.66. The molecule has 0 atom stereocenters. The van der Waals surface area contributed by atoms with Gasteiger partial charge in [-0.25, -0.2) is 0 Å². The summed E-state index contributed by atoms with van der Waals surface area (Å²) in [4.78, 5) is 3.12. The molecule has 0 saturated carbocycles. The van der Waals surface area contributed by atoms with Gasteiger partial charge in [-0.05, 0) is 29.8 Å². The number of aliphatic hydroxyl groups excluding tert-OH is 1. The molecule has 2 aromatic rings. The molecule has 0 bridgehead atoms. The highest BCUT2D eigenvalue weighted by atomic mass is 16.3. The Balaban J connectivity index is 1.98. The third-order valence-corrected chi connectivity index (χ3v) is 2.25. The first-order chi connectivity index (χ1) is 7.38. The number of benzene rings is 1. The van der Waals surface area contributed by atoms with E-state index in [0.717, 1.165) is 23.5 Å². The lowest BCUT2D eigenvalue weighted by Crippen LogP contribution is -1.99. The Hall–Kier alpha value is -1.74. The van der Waals surface area contributed by atoms with E-state index in [1.165, 1.54) is 0 Å². The van der Waals surface area contributed by atoms with Crippen molar-refractivity contribution in [2.75, 3.05) is 5.32 Å². The number of aromatic nitrogens is 1. The SMILES string of the molecule is OCc1cccc(NCc2ccc[nH]2)c1. The number of hydrogen-bond donors (Lipinski definition) is 3. The second-order valence-electron chi connectivity index (χ2n) is 3.41. The van der Waals surface area contributed by atoms with Crippen molar-refractivity contribution in [3.63, 3.8) is 0 Å². The fourth-order valence-corrected chi connectivity index (χ4v) is 1.45. The maximum absolute atomic E-state index is 8.98. The maximum atomic E-state index is 8.98. The van der Waals surface area contributed by atoms with E-state index in [1.54, 1.807) is 0 Å². The maximum Gasteiger partial charge on any atom is 0.0682 e. The fraction of sp³-hybridized carbons (Fsp3) is 0.167. The number of hydrogen-bond acceptors (Lipinski definition) is 2. The first-order valence-electron chi connectivity index (χ1n) is 4.94. The summed E-state index contributed by atoms with van der Waals surface area (Å²) in [6.45, 7) is 0.847. The molecule has 3 heteroatoms. The second-order valence-corrected chi connectivity index (χ2v) is 3.41. The zero-order chi connectivity index (χ0) is 10.5. The molecule has 15 heavy (non-hydrogen) atoms. The van der Waals surface area contributed by atoms with Crippen LogP contribution in [0.15, 0.2) is 42.6 Å². The highest BCUT2D eigenvalue weighted by molar-refractivity contribution is 5.45. The van der Waals surface area contributed by atoms with Gasteiger partial charge >= 0.3 is 0 Å². The smallest absolute Gasteiger partial charge is 0.0682 e. The number of aromatic amines is 1. The molecule has 0 aliphatic rings. The van der Waals surface area contributed by atoms with E-state index >= 15 is 0 Å². The lowest BCUT2D eigenvalue weighted by atomic mass is 10.2. The fourth-order valence-electron chi connectivity index (χ4n) is 1.45. The van der Waals surface area contributed by atoms with Crippen molar-refractivity contribution >= 4 is 5.69 Å².